The van der Waals surface area contributed by atoms with Crippen LogP contribution >= 0.6 is 0 Å². The Morgan fingerprint density at radius 2 is 1.86 bits per heavy atom. The van der Waals surface area contributed by atoms with E-state index in [-0.39, 0.29) is 35.3 Å². The van der Waals surface area contributed by atoms with Gasteiger partial charge < -0.3 is 15.5 Å². The van der Waals surface area contributed by atoms with E-state index >= 15 is 0 Å². The molecular formula is C25H20F3N5O3. The number of fused-ring (bicyclic) bond motifs is 1. The highest BCUT2D eigenvalue weighted by Crippen LogP contribution is 2.30. The van der Waals surface area contributed by atoms with Gasteiger partial charge in [0.15, 0.2) is 0 Å². The summed E-state index contributed by atoms with van der Waals surface area (Å²) in [6.45, 7) is -0.420. The first-order chi connectivity index (χ1) is 17.2. The summed E-state index contributed by atoms with van der Waals surface area (Å²) in [7, 11) is 0. The first-order valence-corrected chi connectivity index (χ1v) is 11.0. The molecule has 2 aromatic carbocycles. The van der Waals surface area contributed by atoms with Crippen LogP contribution in [0.15, 0.2) is 60.8 Å². The van der Waals surface area contributed by atoms with Crippen LogP contribution < -0.4 is 10.6 Å². The summed E-state index contributed by atoms with van der Waals surface area (Å²) in [6, 6.07) is 14.9. The molecule has 1 fully saturated rings. The standard InChI is InChI=1S/C25H20F3N5O3/c26-25(27,28)18-9-16-8-15(6-7-21(16)30-12-18)23(35)31-13-22(34)33-14-17(10-20(33)11-29)24(36)32-19-4-2-1-3-5-19/h1-9,12,17,20H,10,13-14H2,(H,31,35)(H,32,36). The normalized spacial score (nSPS) is 17.4. The first-order valence-electron chi connectivity index (χ1n) is 11.0. The SMILES string of the molecule is N#CC1CC(C(=O)Nc2ccccc2)CN1C(=O)CNC(=O)c1ccc2ncc(C(F)(F)F)cc2c1. The molecule has 2 atom stereocenters. The van der Waals surface area contributed by atoms with Gasteiger partial charge in [0.05, 0.1) is 29.6 Å². The Bertz CT molecular complexity index is 1350. The van der Waals surface area contributed by atoms with E-state index in [1.807, 2.05) is 6.07 Å². The molecule has 1 saturated heterocycles. The third-order valence-corrected chi connectivity index (χ3v) is 5.85. The molecule has 0 bridgehead atoms. The zero-order chi connectivity index (χ0) is 25.9. The lowest BCUT2D eigenvalue weighted by Crippen LogP contribution is -2.42. The summed E-state index contributed by atoms with van der Waals surface area (Å²) in [5.74, 6) is -2.13. The highest BCUT2D eigenvalue weighted by molar-refractivity contribution is 6.00. The van der Waals surface area contributed by atoms with Gasteiger partial charge in [-0.1, -0.05) is 18.2 Å². The van der Waals surface area contributed by atoms with E-state index in [1.165, 1.54) is 23.1 Å². The van der Waals surface area contributed by atoms with Crippen LogP contribution in [0.4, 0.5) is 18.9 Å². The molecule has 0 spiro atoms. The third-order valence-electron chi connectivity index (χ3n) is 5.85. The number of carbonyl (C=O) groups excluding carboxylic acids is 3. The molecule has 8 nitrogen and oxygen atoms in total. The van der Waals surface area contributed by atoms with Gasteiger partial charge >= 0.3 is 6.18 Å². The smallest absolute Gasteiger partial charge is 0.343 e. The Balaban J connectivity index is 1.38. The number of halogens is 3. The molecule has 4 rings (SSSR count). The van der Waals surface area contributed by atoms with E-state index in [9.17, 15) is 32.8 Å². The van der Waals surface area contributed by atoms with Crippen LogP contribution in [0.2, 0.25) is 0 Å². The van der Waals surface area contributed by atoms with Crippen LogP contribution in [0, 0.1) is 17.2 Å². The summed E-state index contributed by atoms with van der Waals surface area (Å²) < 4.78 is 38.9. The Morgan fingerprint density at radius 3 is 2.56 bits per heavy atom. The van der Waals surface area contributed by atoms with E-state index in [0.29, 0.717) is 5.69 Å². The van der Waals surface area contributed by atoms with E-state index in [1.54, 1.807) is 30.3 Å². The van der Waals surface area contributed by atoms with Crippen molar-refractivity contribution in [2.45, 2.75) is 18.6 Å². The van der Waals surface area contributed by atoms with Crippen LogP contribution in [0.1, 0.15) is 22.3 Å². The predicted molar refractivity (Wildman–Crippen MR) is 123 cm³/mol. The number of hydrogen-bond donors (Lipinski definition) is 2. The van der Waals surface area contributed by atoms with Crippen molar-refractivity contribution in [3.05, 3.63) is 71.9 Å². The summed E-state index contributed by atoms with van der Waals surface area (Å²) in [6.07, 6.45) is -3.70. The number of pyridine rings is 1. The van der Waals surface area contributed by atoms with Crippen molar-refractivity contribution in [1.29, 1.82) is 5.26 Å². The zero-order valence-electron chi connectivity index (χ0n) is 18.7. The minimum atomic E-state index is -4.57. The Hall–Kier alpha value is -4.46. The van der Waals surface area contributed by atoms with Gasteiger partial charge in [-0.2, -0.15) is 18.4 Å². The number of likely N-dealkylation sites (tertiary alicyclic amines) is 1. The fourth-order valence-corrected chi connectivity index (χ4v) is 3.98. The largest absolute Gasteiger partial charge is 0.417 e. The summed E-state index contributed by atoms with van der Waals surface area (Å²) in [5, 5.41) is 14.8. The third kappa shape index (κ3) is 5.43. The highest BCUT2D eigenvalue weighted by atomic mass is 19.4. The van der Waals surface area contributed by atoms with E-state index in [0.717, 1.165) is 12.3 Å². The maximum Gasteiger partial charge on any atom is 0.417 e. The average Bonchev–Trinajstić information content (AvgIpc) is 3.31. The highest BCUT2D eigenvalue weighted by Gasteiger charge is 2.38. The molecule has 36 heavy (non-hydrogen) atoms. The fourth-order valence-electron chi connectivity index (χ4n) is 3.98. The van der Waals surface area contributed by atoms with E-state index < -0.39 is 42.1 Å². The van der Waals surface area contributed by atoms with E-state index in [2.05, 4.69) is 15.6 Å². The number of aromatic nitrogens is 1. The molecular weight excluding hydrogens is 475 g/mol. The van der Waals surface area contributed by atoms with Gasteiger partial charge in [0, 0.05) is 29.4 Å². The van der Waals surface area contributed by atoms with Crippen molar-refractivity contribution in [1.82, 2.24) is 15.2 Å². The Labute approximate surface area is 203 Å². The lowest BCUT2D eigenvalue weighted by molar-refractivity contribution is -0.137. The zero-order valence-corrected chi connectivity index (χ0v) is 18.7. The molecule has 0 aliphatic carbocycles. The van der Waals surface area contributed by atoms with E-state index in [4.69, 9.17) is 0 Å². The molecule has 1 aliphatic rings. The number of nitriles is 1. The van der Waals surface area contributed by atoms with Crippen molar-refractivity contribution in [2.75, 3.05) is 18.4 Å². The molecule has 3 aromatic rings. The second-order valence-electron chi connectivity index (χ2n) is 8.29. The maximum atomic E-state index is 13.0. The van der Waals surface area contributed by atoms with Crippen molar-refractivity contribution in [3.8, 4) is 6.07 Å². The molecule has 184 valence electrons. The second kappa shape index (κ2) is 10.0. The van der Waals surface area contributed by atoms with Crippen molar-refractivity contribution in [3.63, 3.8) is 0 Å². The minimum absolute atomic E-state index is 0.0213. The number of nitrogens with one attached hydrogen (secondary N) is 2. The number of rotatable bonds is 5. The lowest BCUT2D eigenvalue weighted by Gasteiger charge is -2.20. The van der Waals surface area contributed by atoms with Gasteiger partial charge in [-0.3, -0.25) is 19.4 Å². The molecule has 1 aliphatic heterocycles. The number of nitrogens with zero attached hydrogens (tertiary/aromatic N) is 3. The molecule has 0 radical (unpaired) electrons. The molecule has 2 unspecified atom stereocenters. The van der Waals surface area contributed by atoms with Crippen LogP contribution in [-0.2, 0) is 15.8 Å². The van der Waals surface area contributed by atoms with Gasteiger partial charge in [0.1, 0.15) is 6.04 Å². The van der Waals surface area contributed by atoms with Gasteiger partial charge in [0.25, 0.3) is 5.91 Å². The van der Waals surface area contributed by atoms with Crippen LogP contribution in [0.5, 0.6) is 0 Å². The summed E-state index contributed by atoms with van der Waals surface area (Å²) >= 11 is 0. The topological polar surface area (TPSA) is 115 Å². The number of amides is 3. The molecule has 3 amide bonds. The number of hydrogen-bond acceptors (Lipinski definition) is 5. The van der Waals surface area contributed by atoms with Gasteiger partial charge in [0.2, 0.25) is 11.8 Å². The fraction of sp³-hybridized carbons (Fsp3) is 0.240. The minimum Gasteiger partial charge on any atom is -0.343 e. The van der Waals surface area contributed by atoms with Crippen molar-refractivity contribution >= 4 is 34.3 Å². The Kier molecular flexibility index (Phi) is 6.87. The van der Waals surface area contributed by atoms with Gasteiger partial charge in [-0.25, -0.2) is 0 Å². The van der Waals surface area contributed by atoms with Crippen molar-refractivity contribution in [2.24, 2.45) is 5.92 Å². The quantitative estimate of drug-likeness (QED) is 0.563. The van der Waals surface area contributed by atoms with Crippen molar-refractivity contribution < 1.29 is 27.6 Å². The number of alkyl halides is 3. The predicted octanol–water partition coefficient (Wildman–Crippen LogP) is 3.36. The van der Waals surface area contributed by atoms with Gasteiger partial charge in [-0.05, 0) is 42.8 Å². The maximum absolute atomic E-state index is 13.0. The van der Waals surface area contributed by atoms with Crippen LogP contribution in [0.25, 0.3) is 10.9 Å². The molecule has 2 N–H and O–H groups in total. The Morgan fingerprint density at radius 1 is 1.11 bits per heavy atom. The number of benzene rings is 2. The number of anilines is 1. The first kappa shape index (κ1) is 24.7. The average molecular weight is 495 g/mol. The van der Waals surface area contributed by atoms with Crippen LogP contribution in [-0.4, -0.2) is 46.7 Å². The van der Waals surface area contributed by atoms with Gasteiger partial charge in [-0.15, -0.1) is 0 Å². The molecule has 11 heteroatoms. The van der Waals surface area contributed by atoms with Crippen LogP contribution in [0.3, 0.4) is 0 Å². The summed E-state index contributed by atoms with van der Waals surface area (Å²) in [4.78, 5) is 42.9. The summed E-state index contributed by atoms with van der Waals surface area (Å²) in [5.41, 5.74) is -0.00896. The monoisotopic (exact) mass is 495 g/mol. The molecule has 1 aromatic heterocycles. The number of carbonyl (C=O) groups is 3. The number of para-hydroxylation sites is 1. The molecule has 2 heterocycles. The second-order valence-corrected chi connectivity index (χ2v) is 8.29. The molecule has 0 saturated carbocycles. The lowest BCUT2D eigenvalue weighted by atomic mass is 10.1.